The minimum atomic E-state index is -3.43. The summed E-state index contributed by atoms with van der Waals surface area (Å²) in [6.07, 6.45) is 2.14. The highest BCUT2D eigenvalue weighted by Crippen LogP contribution is 2.29. The summed E-state index contributed by atoms with van der Waals surface area (Å²) in [5.74, 6) is 1.45. The number of hydrogen-bond donors (Lipinski definition) is 1. The minimum absolute atomic E-state index is 0.0213. The van der Waals surface area contributed by atoms with E-state index in [0.29, 0.717) is 11.5 Å². The molecule has 1 N–H and O–H groups in total. The van der Waals surface area contributed by atoms with E-state index in [0.717, 1.165) is 30.8 Å². The fourth-order valence-corrected chi connectivity index (χ4v) is 4.50. The lowest BCUT2D eigenvalue weighted by Crippen LogP contribution is -2.29. The Morgan fingerprint density at radius 2 is 2.00 bits per heavy atom. The second kappa shape index (κ2) is 8.33. The fraction of sp³-hybridized carbons (Fsp3) is 0.474. The summed E-state index contributed by atoms with van der Waals surface area (Å²) in [4.78, 5) is 11.5. The van der Waals surface area contributed by atoms with Gasteiger partial charge >= 0.3 is 0 Å². The number of anilines is 1. The Hall–Kier alpha value is -2.03. The van der Waals surface area contributed by atoms with Gasteiger partial charge in [0.25, 0.3) is 0 Å². The van der Waals surface area contributed by atoms with Gasteiger partial charge in [0.1, 0.15) is 11.6 Å². The lowest BCUT2D eigenvalue weighted by atomic mass is 10.2. The molecular weight excluding hydrogens is 362 g/mol. The summed E-state index contributed by atoms with van der Waals surface area (Å²) < 4.78 is 26.8. The summed E-state index contributed by atoms with van der Waals surface area (Å²) in [5, 5.41) is 3.06. The van der Waals surface area contributed by atoms with Gasteiger partial charge < -0.3 is 5.32 Å². The Labute approximate surface area is 161 Å². The highest BCUT2D eigenvalue weighted by Gasteiger charge is 2.26. The van der Waals surface area contributed by atoms with Crippen molar-refractivity contribution in [1.82, 2.24) is 19.2 Å². The number of benzene rings is 1. The average Bonchev–Trinajstić information content (AvgIpc) is 3.08. The monoisotopic (exact) mass is 389 g/mol. The zero-order valence-corrected chi connectivity index (χ0v) is 16.9. The van der Waals surface area contributed by atoms with Gasteiger partial charge in [-0.15, -0.1) is 0 Å². The van der Waals surface area contributed by atoms with E-state index in [-0.39, 0.29) is 18.3 Å². The van der Waals surface area contributed by atoms with Crippen LogP contribution in [0.3, 0.4) is 0 Å². The van der Waals surface area contributed by atoms with E-state index < -0.39 is 10.0 Å². The van der Waals surface area contributed by atoms with Gasteiger partial charge in [-0.3, -0.25) is 4.90 Å². The number of nitrogens with zero attached hydrogens (tertiary/aromatic N) is 4. The van der Waals surface area contributed by atoms with Crippen LogP contribution in [0.5, 0.6) is 0 Å². The quantitative estimate of drug-likeness (QED) is 0.783. The first kappa shape index (κ1) is 19.7. The van der Waals surface area contributed by atoms with Crippen LogP contribution in [-0.4, -0.2) is 55.3 Å². The molecule has 0 aliphatic carbocycles. The third-order valence-corrected chi connectivity index (χ3v) is 6.70. The minimum Gasteiger partial charge on any atom is -0.373 e. The second-order valence-corrected chi connectivity index (χ2v) is 9.07. The normalized spacial score (nSPS) is 18.1. The molecule has 27 heavy (non-hydrogen) atoms. The second-order valence-electron chi connectivity index (χ2n) is 6.99. The smallest absolute Gasteiger partial charge is 0.218 e. The van der Waals surface area contributed by atoms with Crippen molar-refractivity contribution < 1.29 is 8.42 Å². The van der Waals surface area contributed by atoms with Gasteiger partial charge in [0.05, 0.1) is 24.0 Å². The van der Waals surface area contributed by atoms with Crippen LogP contribution in [0, 0.1) is 0 Å². The lowest BCUT2D eigenvalue weighted by molar-refractivity contribution is 0.305. The molecule has 1 aromatic heterocycles. The molecule has 0 radical (unpaired) electrons. The number of nitrogens with one attached hydrogen (secondary N) is 1. The number of rotatable bonds is 7. The molecule has 146 valence electrons. The summed E-state index contributed by atoms with van der Waals surface area (Å²) in [5.41, 5.74) is 1.47. The zero-order valence-electron chi connectivity index (χ0n) is 16.1. The summed E-state index contributed by atoms with van der Waals surface area (Å²) in [7, 11) is 2.05. The van der Waals surface area contributed by atoms with Gasteiger partial charge in [-0.1, -0.05) is 30.3 Å². The van der Waals surface area contributed by atoms with Crippen molar-refractivity contribution in [1.29, 1.82) is 0 Å². The topological polar surface area (TPSA) is 78.4 Å². The molecule has 3 rings (SSSR count). The van der Waals surface area contributed by atoms with E-state index in [4.69, 9.17) is 0 Å². The molecule has 1 atom stereocenters. The molecule has 1 aliphatic rings. The first-order valence-corrected chi connectivity index (χ1v) is 10.7. The molecule has 1 fully saturated rings. The van der Waals surface area contributed by atoms with Crippen LogP contribution in [0.1, 0.15) is 36.0 Å². The molecule has 1 aliphatic heterocycles. The molecule has 1 aromatic carbocycles. The molecule has 0 bridgehead atoms. The standard InChI is InChI=1S/C19H27N5O2S/c1-20-18-12-16(21-19(22-18)17-10-7-11-23(17)2)13-24(3)27(25,26)14-15-8-5-4-6-9-15/h4-6,8-9,12,17H,7,10-11,13-14H2,1-3H3,(H,20,21,22)/t17-/m1/s1. The van der Waals surface area contributed by atoms with Crippen molar-refractivity contribution in [2.24, 2.45) is 0 Å². The molecule has 0 spiro atoms. The molecule has 0 saturated carbocycles. The van der Waals surface area contributed by atoms with E-state index in [9.17, 15) is 8.42 Å². The van der Waals surface area contributed by atoms with Crippen LogP contribution in [0.4, 0.5) is 5.82 Å². The highest BCUT2D eigenvalue weighted by molar-refractivity contribution is 7.88. The van der Waals surface area contributed by atoms with Crippen LogP contribution in [0.15, 0.2) is 36.4 Å². The first-order chi connectivity index (χ1) is 12.9. The largest absolute Gasteiger partial charge is 0.373 e. The van der Waals surface area contributed by atoms with Crippen LogP contribution >= 0.6 is 0 Å². The third kappa shape index (κ3) is 4.82. The number of likely N-dealkylation sites (tertiary alicyclic amines) is 1. The summed E-state index contributed by atoms with van der Waals surface area (Å²) in [6, 6.07) is 11.2. The van der Waals surface area contributed by atoms with Gasteiger partial charge in [-0.05, 0) is 32.0 Å². The number of hydrogen-bond acceptors (Lipinski definition) is 6. The molecule has 0 unspecified atom stereocenters. The van der Waals surface area contributed by atoms with E-state index in [2.05, 4.69) is 27.2 Å². The van der Waals surface area contributed by atoms with E-state index in [1.165, 1.54) is 4.31 Å². The van der Waals surface area contributed by atoms with Crippen molar-refractivity contribution >= 4 is 15.8 Å². The maximum Gasteiger partial charge on any atom is 0.218 e. The van der Waals surface area contributed by atoms with Gasteiger partial charge in [-0.2, -0.15) is 4.31 Å². The van der Waals surface area contributed by atoms with Crippen LogP contribution in [0.25, 0.3) is 0 Å². The van der Waals surface area contributed by atoms with Gasteiger partial charge in [-0.25, -0.2) is 18.4 Å². The number of sulfonamides is 1. The van der Waals surface area contributed by atoms with Crippen molar-refractivity contribution in [3.05, 3.63) is 53.5 Å². The zero-order chi connectivity index (χ0) is 19.4. The van der Waals surface area contributed by atoms with Crippen LogP contribution < -0.4 is 5.32 Å². The summed E-state index contributed by atoms with van der Waals surface area (Å²) in [6.45, 7) is 1.24. The van der Waals surface area contributed by atoms with Crippen molar-refractivity contribution in [3.8, 4) is 0 Å². The van der Waals surface area contributed by atoms with Gasteiger partial charge in [0.2, 0.25) is 10.0 Å². The number of aromatic nitrogens is 2. The molecule has 7 nitrogen and oxygen atoms in total. The van der Waals surface area contributed by atoms with Crippen molar-refractivity contribution in [3.63, 3.8) is 0 Å². The van der Waals surface area contributed by atoms with E-state index >= 15 is 0 Å². The molecule has 1 saturated heterocycles. The highest BCUT2D eigenvalue weighted by atomic mass is 32.2. The fourth-order valence-electron chi connectivity index (χ4n) is 3.33. The molecule has 2 aromatic rings. The molecule has 2 heterocycles. The first-order valence-electron chi connectivity index (χ1n) is 9.13. The van der Waals surface area contributed by atoms with Gasteiger partial charge in [0, 0.05) is 20.2 Å². The molecule has 8 heteroatoms. The molecular formula is C19H27N5O2S. The Morgan fingerprint density at radius 1 is 1.26 bits per heavy atom. The van der Waals surface area contributed by atoms with Crippen molar-refractivity contribution in [2.45, 2.75) is 31.2 Å². The van der Waals surface area contributed by atoms with E-state index in [1.807, 2.05) is 43.4 Å². The van der Waals surface area contributed by atoms with Crippen LogP contribution in [0.2, 0.25) is 0 Å². The van der Waals surface area contributed by atoms with Crippen LogP contribution in [-0.2, 0) is 22.3 Å². The predicted molar refractivity (Wildman–Crippen MR) is 107 cm³/mol. The third-order valence-electron chi connectivity index (χ3n) is 4.92. The predicted octanol–water partition coefficient (Wildman–Crippen LogP) is 2.25. The average molecular weight is 390 g/mol. The van der Waals surface area contributed by atoms with E-state index in [1.54, 1.807) is 7.05 Å². The summed E-state index contributed by atoms with van der Waals surface area (Å²) >= 11 is 0. The maximum atomic E-state index is 12.7. The van der Waals surface area contributed by atoms with Crippen molar-refractivity contribution in [2.75, 3.05) is 33.0 Å². The Balaban J connectivity index is 1.79. The molecule has 0 amide bonds. The maximum absolute atomic E-state index is 12.7. The van der Waals surface area contributed by atoms with Gasteiger partial charge in [0.15, 0.2) is 0 Å². The Kier molecular flexibility index (Phi) is 6.08. The Bertz CT molecular complexity index is 873. The SMILES string of the molecule is CNc1cc(CN(C)S(=O)(=O)Cc2ccccc2)nc([C@H]2CCCN2C)n1. The lowest BCUT2D eigenvalue weighted by Gasteiger charge is -2.21. The Morgan fingerprint density at radius 3 is 2.63 bits per heavy atom.